The lowest BCUT2D eigenvalue weighted by molar-refractivity contribution is 0.661. The van der Waals surface area contributed by atoms with Gasteiger partial charge in [0.15, 0.2) is 0 Å². The first-order valence-corrected chi connectivity index (χ1v) is 20.8. The van der Waals surface area contributed by atoms with E-state index in [0.717, 1.165) is 49.8 Å². The Morgan fingerprint density at radius 2 is 1.14 bits per heavy atom. The Morgan fingerprint density at radius 1 is 0.466 bits per heavy atom. The summed E-state index contributed by atoms with van der Waals surface area (Å²) < 4.78 is 9.21. The molecule has 0 amide bonds. The second-order valence-corrected chi connectivity index (χ2v) is 17.1. The summed E-state index contributed by atoms with van der Waals surface area (Å²) in [4.78, 5) is 2.50. The molecule has 2 aromatic heterocycles. The maximum absolute atomic E-state index is 6.56. The molecule has 0 spiro atoms. The number of thiophene rings is 1. The summed E-state index contributed by atoms with van der Waals surface area (Å²) in [6, 6.07) is 68.9. The van der Waals surface area contributed by atoms with Crippen LogP contribution in [0.4, 0.5) is 17.1 Å². The average molecular weight is 760 g/mol. The molecule has 12 rings (SSSR count). The zero-order chi connectivity index (χ0) is 38.5. The van der Waals surface area contributed by atoms with Gasteiger partial charge in [0.25, 0.3) is 0 Å². The van der Waals surface area contributed by atoms with Crippen LogP contribution in [0.15, 0.2) is 192 Å². The first-order chi connectivity index (χ1) is 28.5. The Bertz CT molecular complexity index is 3440. The number of anilines is 3. The molecule has 0 atom stereocenters. The van der Waals surface area contributed by atoms with Crippen LogP contribution in [0, 0.1) is 0 Å². The van der Waals surface area contributed by atoms with E-state index in [-0.39, 0.29) is 5.41 Å². The molecule has 58 heavy (non-hydrogen) atoms. The molecule has 0 unspecified atom stereocenters. The van der Waals surface area contributed by atoms with Crippen LogP contribution in [-0.2, 0) is 5.41 Å². The highest BCUT2D eigenvalue weighted by Gasteiger charge is 2.39. The molecule has 2 nitrogen and oxygen atoms in total. The summed E-state index contributed by atoms with van der Waals surface area (Å²) in [6.07, 6.45) is 0. The molecule has 0 saturated carbocycles. The lowest BCUT2D eigenvalue weighted by Crippen LogP contribution is -2.21. The molecule has 0 radical (unpaired) electrons. The van der Waals surface area contributed by atoms with E-state index in [1.165, 1.54) is 64.6 Å². The van der Waals surface area contributed by atoms with Crippen molar-refractivity contribution in [2.45, 2.75) is 19.3 Å². The normalized spacial score (nSPS) is 13.1. The molecule has 274 valence electrons. The molecule has 0 fully saturated rings. The molecule has 1 aliphatic rings. The molecule has 9 aromatic carbocycles. The largest absolute Gasteiger partial charge is 0.455 e. The maximum atomic E-state index is 6.56. The monoisotopic (exact) mass is 759 g/mol. The minimum Gasteiger partial charge on any atom is -0.455 e. The zero-order valence-corrected chi connectivity index (χ0v) is 33.0. The van der Waals surface area contributed by atoms with E-state index < -0.39 is 0 Å². The van der Waals surface area contributed by atoms with Crippen LogP contribution in [0.2, 0.25) is 0 Å². The van der Waals surface area contributed by atoms with Gasteiger partial charge in [-0.3, -0.25) is 0 Å². The first-order valence-electron chi connectivity index (χ1n) is 20.0. The fraction of sp³-hybridized carbons (Fsp3) is 0.0545. The molecule has 3 heteroatoms. The van der Waals surface area contributed by atoms with Crippen molar-refractivity contribution in [1.82, 2.24) is 0 Å². The number of rotatable bonds is 5. The van der Waals surface area contributed by atoms with Gasteiger partial charge >= 0.3 is 0 Å². The van der Waals surface area contributed by atoms with Crippen molar-refractivity contribution < 1.29 is 4.42 Å². The number of nitrogens with zero attached hydrogens (tertiary/aromatic N) is 1. The van der Waals surface area contributed by atoms with Crippen LogP contribution in [0.1, 0.15) is 25.0 Å². The Labute approximate surface area is 340 Å². The van der Waals surface area contributed by atoms with Crippen molar-refractivity contribution in [3.63, 3.8) is 0 Å². The number of hydrogen-bond acceptors (Lipinski definition) is 3. The second-order valence-electron chi connectivity index (χ2n) is 16.0. The summed E-state index contributed by atoms with van der Waals surface area (Å²) in [5.41, 5.74) is 15.2. The van der Waals surface area contributed by atoms with Crippen molar-refractivity contribution >= 4 is 81.3 Å². The molecular formula is C55H37NOS. The van der Waals surface area contributed by atoms with Gasteiger partial charge in [-0.2, -0.15) is 0 Å². The summed E-state index contributed by atoms with van der Waals surface area (Å²) in [5, 5.41) is 7.21. The summed E-state index contributed by atoms with van der Waals surface area (Å²) in [7, 11) is 0. The third kappa shape index (κ3) is 4.84. The van der Waals surface area contributed by atoms with Crippen LogP contribution >= 0.6 is 11.3 Å². The second kappa shape index (κ2) is 12.5. The van der Waals surface area contributed by atoms with Crippen molar-refractivity contribution in [2.24, 2.45) is 0 Å². The van der Waals surface area contributed by atoms with Crippen LogP contribution in [0.25, 0.3) is 86.3 Å². The van der Waals surface area contributed by atoms with Crippen molar-refractivity contribution in [2.75, 3.05) is 4.90 Å². The smallest absolute Gasteiger partial charge is 0.143 e. The highest BCUT2D eigenvalue weighted by atomic mass is 32.1. The molecule has 2 heterocycles. The number of benzene rings is 9. The van der Waals surface area contributed by atoms with E-state index >= 15 is 0 Å². The lowest BCUT2D eigenvalue weighted by atomic mass is 9.81. The zero-order valence-electron chi connectivity index (χ0n) is 32.2. The summed E-state index contributed by atoms with van der Waals surface area (Å²) in [5.74, 6) is 0. The highest BCUT2D eigenvalue weighted by molar-refractivity contribution is 7.26. The molecule has 0 saturated heterocycles. The van der Waals surface area contributed by atoms with Crippen molar-refractivity contribution in [1.29, 1.82) is 0 Å². The topological polar surface area (TPSA) is 16.4 Å². The van der Waals surface area contributed by atoms with Gasteiger partial charge in [-0.05, 0) is 92.9 Å². The quantitative estimate of drug-likeness (QED) is 0.174. The fourth-order valence-electron chi connectivity index (χ4n) is 9.76. The Balaban J connectivity index is 1.06. The maximum Gasteiger partial charge on any atom is 0.143 e. The van der Waals surface area contributed by atoms with Gasteiger partial charge in [0.05, 0.1) is 11.4 Å². The van der Waals surface area contributed by atoms with E-state index in [4.69, 9.17) is 4.42 Å². The first kappa shape index (κ1) is 33.2. The van der Waals surface area contributed by atoms with E-state index in [9.17, 15) is 0 Å². The summed E-state index contributed by atoms with van der Waals surface area (Å²) >= 11 is 1.88. The van der Waals surface area contributed by atoms with E-state index in [1.807, 2.05) is 11.3 Å². The van der Waals surface area contributed by atoms with Crippen LogP contribution in [0.3, 0.4) is 0 Å². The van der Waals surface area contributed by atoms with Gasteiger partial charge in [-0.25, -0.2) is 0 Å². The Hall–Kier alpha value is -6.94. The molecule has 11 aromatic rings. The van der Waals surface area contributed by atoms with Gasteiger partial charge in [-0.15, -0.1) is 11.3 Å². The van der Waals surface area contributed by atoms with Gasteiger partial charge < -0.3 is 9.32 Å². The minimum atomic E-state index is -0.204. The predicted octanol–water partition coefficient (Wildman–Crippen LogP) is 16.2. The van der Waals surface area contributed by atoms with Gasteiger partial charge in [0, 0.05) is 53.0 Å². The Kier molecular flexibility index (Phi) is 7.18. The Morgan fingerprint density at radius 3 is 2.03 bits per heavy atom. The lowest BCUT2D eigenvalue weighted by Gasteiger charge is -2.33. The van der Waals surface area contributed by atoms with E-state index in [0.29, 0.717) is 0 Å². The molecular weight excluding hydrogens is 723 g/mol. The predicted molar refractivity (Wildman–Crippen MR) is 247 cm³/mol. The molecule has 0 aliphatic heterocycles. The van der Waals surface area contributed by atoms with E-state index in [1.54, 1.807) is 0 Å². The minimum absolute atomic E-state index is 0.204. The van der Waals surface area contributed by atoms with Gasteiger partial charge in [-0.1, -0.05) is 153 Å². The number of para-hydroxylation sites is 1. The van der Waals surface area contributed by atoms with Crippen molar-refractivity contribution in [3.05, 3.63) is 199 Å². The fourth-order valence-corrected chi connectivity index (χ4v) is 11.0. The van der Waals surface area contributed by atoms with Crippen LogP contribution < -0.4 is 4.90 Å². The standard InChI is InChI=1S/C55H37NOS/c1-55(2)47-21-8-5-16-41(47)43-19-12-23-49(52(43)55)56(37-29-25-35(26-30-37)40-18-11-20-45-42-17-7-10-24-51(42)58-54(40)45)48-22-9-6-14-38(48)36-28-32-50-46(33-36)44-31-27-34-13-3-4-15-39(34)53(44)57-50/h3-33H,1-2H3. The van der Waals surface area contributed by atoms with Crippen LogP contribution in [-0.4, -0.2) is 0 Å². The number of fused-ring (bicyclic) bond motifs is 11. The van der Waals surface area contributed by atoms with Crippen LogP contribution in [0.5, 0.6) is 0 Å². The third-order valence-corrected chi connectivity index (χ3v) is 13.7. The molecule has 0 N–H and O–H groups in total. The van der Waals surface area contributed by atoms with Gasteiger partial charge in [0.2, 0.25) is 0 Å². The molecule has 0 bridgehead atoms. The van der Waals surface area contributed by atoms with E-state index in [2.05, 4.69) is 207 Å². The average Bonchev–Trinajstić information content (AvgIpc) is 3.92. The summed E-state index contributed by atoms with van der Waals surface area (Å²) in [6.45, 7) is 4.75. The highest BCUT2D eigenvalue weighted by Crippen LogP contribution is 2.55. The van der Waals surface area contributed by atoms with Crippen molar-refractivity contribution in [3.8, 4) is 33.4 Å². The third-order valence-electron chi connectivity index (χ3n) is 12.5. The number of hydrogen-bond donors (Lipinski definition) is 0. The van der Waals surface area contributed by atoms with Gasteiger partial charge in [0.1, 0.15) is 11.2 Å². The SMILES string of the molecule is CC1(C)c2ccccc2-c2cccc(N(c3ccc(-c4cccc5c4sc4ccccc45)cc3)c3ccccc3-c3ccc4oc5c6ccccc6ccc5c4c3)c21. The molecule has 1 aliphatic carbocycles. The number of furan rings is 1.